The average molecular weight is 282 g/mol. The van der Waals surface area contributed by atoms with Crippen LogP contribution in [0.4, 0.5) is 0 Å². The molecule has 0 fully saturated rings. The zero-order valence-electron chi connectivity index (χ0n) is 9.74. The van der Waals surface area contributed by atoms with Crippen molar-refractivity contribution in [2.24, 2.45) is 0 Å². The lowest BCUT2D eigenvalue weighted by Crippen LogP contribution is -1.97. The molecule has 4 heteroatoms. The van der Waals surface area contributed by atoms with Gasteiger partial charge in [0.2, 0.25) is 5.75 Å². The Kier molecular flexibility index (Phi) is 4.00. The van der Waals surface area contributed by atoms with Crippen LogP contribution in [0.2, 0.25) is 10.0 Å². The van der Waals surface area contributed by atoms with Gasteiger partial charge in [0.05, 0.1) is 0 Å². The first-order chi connectivity index (χ1) is 8.58. The van der Waals surface area contributed by atoms with Crippen LogP contribution in [0.3, 0.4) is 0 Å². The third kappa shape index (κ3) is 2.89. The van der Waals surface area contributed by atoms with Crippen LogP contribution in [0, 0.1) is 6.92 Å². The Morgan fingerprint density at radius 1 is 1.06 bits per heavy atom. The van der Waals surface area contributed by atoms with Gasteiger partial charge in [-0.1, -0.05) is 35.3 Å². The first kappa shape index (κ1) is 13.1. The maximum absolute atomic E-state index is 11.7. The smallest absolute Gasteiger partial charge is 0.220 e. The summed E-state index contributed by atoms with van der Waals surface area (Å²) in [5.41, 5.74) is 1.61. The molecule has 0 atom stereocenters. The molecule has 0 saturated carbocycles. The first-order valence-electron chi connectivity index (χ1n) is 5.41. The summed E-state index contributed by atoms with van der Waals surface area (Å²) in [6.45, 7) is 2.08. The maximum atomic E-state index is 11.7. The van der Waals surface area contributed by atoms with Crippen LogP contribution in [-0.4, -0.2) is 0 Å². The summed E-state index contributed by atoms with van der Waals surface area (Å²) in [5, 5.41) is 12.9. The van der Waals surface area contributed by atoms with Crippen molar-refractivity contribution < 1.29 is 9.84 Å². The van der Waals surface area contributed by atoms with E-state index in [-0.39, 0.29) is 5.75 Å². The van der Waals surface area contributed by atoms with E-state index in [1.54, 1.807) is 25.1 Å². The SMILES string of the molecule is Cc1c(Cl)ccc([O])c1OCc1ccc(Cl)cc1. The van der Waals surface area contributed by atoms with Gasteiger partial charge in [-0.2, -0.15) is 0 Å². The van der Waals surface area contributed by atoms with Crippen LogP contribution in [0.25, 0.3) is 0 Å². The van der Waals surface area contributed by atoms with E-state index in [0.717, 1.165) is 5.56 Å². The van der Waals surface area contributed by atoms with Gasteiger partial charge >= 0.3 is 0 Å². The molecule has 0 amide bonds. The fourth-order valence-corrected chi connectivity index (χ4v) is 1.83. The Hall–Kier alpha value is -1.38. The number of hydrogen-bond donors (Lipinski definition) is 0. The number of rotatable bonds is 3. The van der Waals surface area contributed by atoms with E-state index in [9.17, 15) is 5.11 Å². The number of hydrogen-bond acceptors (Lipinski definition) is 1. The highest BCUT2D eigenvalue weighted by Crippen LogP contribution is 2.35. The minimum atomic E-state index is -0.161. The molecule has 0 aromatic heterocycles. The summed E-state index contributed by atoms with van der Waals surface area (Å²) in [6, 6.07) is 10.3. The molecular formula is C14H11Cl2O2. The summed E-state index contributed by atoms with van der Waals surface area (Å²) in [5.74, 6) is 0.142. The highest BCUT2D eigenvalue weighted by atomic mass is 35.5. The Labute approximate surface area is 116 Å². The molecule has 0 N–H and O–H groups in total. The lowest BCUT2D eigenvalue weighted by molar-refractivity contribution is 0.266. The van der Waals surface area contributed by atoms with E-state index >= 15 is 0 Å². The Bertz CT molecular complexity index is 550. The zero-order valence-corrected chi connectivity index (χ0v) is 11.3. The van der Waals surface area contributed by atoms with Crippen molar-refractivity contribution in [3.63, 3.8) is 0 Å². The predicted octanol–water partition coefficient (Wildman–Crippen LogP) is 5.02. The second-order valence-corrected chi connectivity index (χ2v) is 4.76. The molecule has 2 rings (SSSR count). The van der Waals surface area contributed by atoms with Gasteiger partial charge in [0, 0.05) is 15.6 Å². The molecule has 0 heterocycles. The Morgan fingerprint density at radius 2 is 1.72 bits per heavy atom. The van der Waals surface area contributed by atoms with Gasteiger partial charge < -0.3 is 4.74 Å². The van der Waals surface area contributed by atoms with Gasteiger partial charge in [0.1, 0.15) is 6.61 Å². The molecule has 1 radical (unpaired) electrons. The largest absolute Gasteiger partial charge is 0.484 e. The summed E-state index contributed by atoms with van der Waals surface area (Å²) in [7, 11) is 0. The van der Waals surface area contributed by atoms with Crippen LogP contribution in [0.1, 0.15) is 11.1 Å². The third-order valence-electron chi connectivity index (χ3n) is 2.60. The highest BCUT2D eigenvalue weighted by molar-refractivity contribution is 6.31. The summed E-state index contributed by atoms with van der Waals surface area (Å²) < 4.78 is 5.53. The van der Waals surface area contributed by atoms with Gasteiger partial charge in [-0.3, -0.25) is 5.11 Å². The highest BCUT2D eigenvalue weighted by Gasteiger charge is 2.11. The molecule has 2 aromatic carbocycles. The average Bonchev–Trinajstić information content (AvgIpc) is 2.36. The summed E-state index contributed by atoms with van der Waals surface area (Å²) >= 11 is 11.7. The maximum Gasteiger partial charge on any atom is 0.220 e. The van der Waals surface area contributed by atoms with E-state index in [0.29, 0.717) is 28.0 Å². The molecule has 18 heavy (non-hydrogen) atoms. The second kappa shape index (κ2) is 5.51. The fraction of sp³-hybridized carbons (Fsp3) is 0.143. The molecule has 0 bridgehead atoms. The minimum Gasteiger partial charge on any atom is -0.484 e. The molecule has 0 spiro atoms. The van der Waals surface area contributed by atoms with Crippen LogP contribution in [0.5, 0.6) is 11.5 Å². The van der Waals surface area contributed by atoms with Crippen LogP contribution in [0.15, 0.2) is 36.4 Å². The van der Waals surface area contributed by atoms with E-state index in [1.807, 2.05) is 12.1 Å². The van der Waals surface area contributed by atoms with Gasteiger partial charge in [-0.15, -0.1) is 0 Å². The van der Waals surface area contributed by atoms with Gasteiger partial charge in [0.15, 0.2) is 5.75 Å². The van der Waals surface area contributed by atoms with Crippen LogP contribution >= 0.6 is 23.2 Å². The van der Waals surface area contributed by atoms with E-state index in [1.165, 1.54) is 6.07 Å². The van der Waals surface area contributed by atoms with E-state index < -0.39 is 0 Å². The third-order valence-corrected chi connectivity index (χ3v) is 3.26. The monoisotopic (exact) mass is 281 g/mol. The van der Waals surface area contributed by atoms with Crippen LogP contribution in [-0.2, 0) is 11.7 Å². The molecule has 0 aliphatic carbocycles. The Morgan fingerprint density at radius 3 is 2.39 bits per heavy atom. The lowest BCUT2D eigenvalue weighted by Gasteiger charge is -2.10. The quantitative estimate of drug-likeness (QED) is 0.776. The van der Waals surface area contributed by atoms with Crippen molar-refractivity contribution in [2.75, 3.05) is 0 Å². The van der Waals surface area contributed by atoms with E-state index in [2.05, 4.69) is 0 Å². The van der Waals surface area contributed by atoms with Crippen LogP contribution < -0.4 is 4.74 Å². The lowest BCUT2D eigenvalue weighted by atomic mass is 10.2. The molecule has 93 valence electrons. The predicted molar refractivity (Wildman–Crippen MR) is 72.1 cm³/mol. The van der Waals surface area contributed by atoms with Gasteiger partial charge in [-0.25, -0.2) is 0 Å². The molecule has 0 aliphatic heterocycles. The summed E-state index contributed by atoms with van der Waals surface area (Å²) in [6.07, 6.45) is 0. The molecule has 0 saturated heterocycles. The number of benzene rings is 2. The zero-order chi connectivity index (χ0) is 13.1. The van der Waals surface area contributed by atoms with Gasteiger partial charge in [0.25, 0.3) is 0 Å². The number of ether oxygens (including phenoxy) is 1. The minimum absolute atomic E-state index is 0.161. The van der Waals surface area contributed by atoms with Crippen molar-refractivity contribution >= 4 is 23.2 Å². The second-order valence-electron chi connectivity index (χ2n) is 3.91. The van der Waals surface area contributed by atoms with Crippen molar-refractivity contribution in [3.8, 4) is 11.5 Å². The topological polar surface area (TPSA) is 29.1 Å². The van der Waals surface area contributed by atoms with Crippen molar-refractivity contribution in [1.82, 2.24) is 0 Å². The Balaban J connectivity index is 2.15. The summed E-state index contributed by atoms with van der Waals surface area (Å²) in [4.78, 5) is 0. The molecule has 2 nitrogen and oxygen atoms in total. The first-order valence-corrected chi connectivity index (χ1v) is 6.17. The standard InChI is InChI=1S/C14H11Cl2O2/c1-9-12(16)6-7-13(17)14(9)18-8-10-2-4-11(15)5-3-10/h2-7H,8H2,1H3. The van der Waals surface area contributed by atoms with Crippen molar-refractivity contribution in [2.45, 2.75) is 13.5 Å². The number of halogens is 2. The molecule has 0 aliphatic rings. The molecular weight excluding hydrogens is 271 g/mol. The van der Waals surface area contributed by atoms with E-state index in [4.69, 9.17) is 27.9 Å². The van der Waals surface area contributed by atoms with Crippen molar-refractivity contribution in [3.05, 3.63) is 57.6 Å². The molecule has 0 unspecified atom stereocenters. The van der Waals surface area contributed by atoms with Gasteiger partial charge in [-0.05, 0) is 36.8 Å². The fourth-order valence-electron chi connectivity index (χ4n) is 1.56. The van der Waals surface area contributed by atoms with Crippen molar-refractivity contribution in [1.29, 1.82) is 0 Å². The molecule has 2 aromatic rings. The normalized spacial score (nSPS) is 10.4.